The van der Waals surface area contributed by atoms with Crippen LogP contribution in [0.4, 0.5) is 13.2 Å². The van der Waals surface area contributed by atoms with E-state index in [0.29, 0.717) is 10.6 Å². The molecule has 0 aliphatic heterocycles. The molecule has 0 spiro atoms. The molecule has 0 aliphatic rings. The summed E-state index contributed by atoms with van der Waals surface area (Å²) in [5.74, 6) is -2.11. The maximum atomic E-state index is 13.7. The number of fused-ring (bicyclic) bond motifs is 1. The van der Waals surface area contributed by atoms with Crippen molar-refractivity contribution < 1.29 is 27.1 Å². The minimum absolute atomic E-state index is 0.0641. The second-order valence-electron chi connectivity index (χ2n) is 7.04. The Balaban J connectivity index is 1.74. The fraction of sp³-hybridized carbons (Fsp3) is 0.125. The fourth-order valence-corrected chi connectivity index (χ4v) is 3.29. The van der Waals surface area contributed by atoms with Gasteiger partial charge in [0.05, 0.1) is 5.39 Å². The number of hydrogen-bond donors (Lipinski definition) is 0. The summed E-state index contributed by atoms with van der Waals surface area (Å²) in [6, 6.07) is 17.4. The number of hydrogen-bond acceptors (Lipinski definition) is 4. The SMILES string of the molecule is Cc1cccc(Oc2c(C(F)(F)F)oc3cc(OCc4ccccc4Cl)ccc3c2=O)c1. The molecule has 0 atom stereocenters. The highest BCUT2D eigenvalue weighted by molar-refractivity contribution is 6.31. The van der Waals surface area contributed by atoms with Gasteiger partial charge < -0.3 is 13.9 Å². The highest BCUT2D eigenvalue weighted by atomic mass is 35.5. The van der Waals surface area contributed by atoms with Gasteiger partial charge in [-0.25, -0.2) is 0 Å². The molecule has 4 aromatic rings. The van der Waals surface area contributed by atoms with Crippen molar-refractivity contribution in [1.82, 2.24) is 0 Å². The molecule has 0 radical (unpaired) electrons. The first kappa shape index (κ1) is 21.8. The van der Waals surface area contributed by atoms with Crippen LogP contribution in [-0.2, 0) is 12.8 Å². The van der Waals surface area contributed by atoms with Crippen LogP contribution < -0.4 is 14.9 Å². The van der Waals surface area contributed by atoms with E-state index in [-0.39, 0.29) is 29.1 Å². The van der Waals surface area contributed by atoms with Gasteiger partial charge in [0.2, 0.25) is 11.2 Å². The maximum absolute atomic E-state index is 13.7. The lowest BCUT2D eigenvalue weighted by atomic mass is 10.2. The van der Waals surface area contributed by atoms with Crippen LogP contribution in [0.3, 0.4) is 0 Å². The van der Waals surface area contributed by atoms with E-state index in [1.165, 1.54) is 30.3 Å². The molecule has 164 valence electrons. The first-order valence-electron chi connectivity index (χ1n) is 9.51. The van der Waals surface area contributed by atoms with Gasteiger partial charge in [0, 0.05) is 16.7 Å². The largest absolute Gasteiger partial charge is 0.489 e. The highest BCUT2D eigenvalue weighted by Crippen LogP contribution is 2.38. The van der Waals surface area contributed by atoms with E-state index in [4.69, 9.17) is 25.5 Å². The van der Waals surface area contributed by atoms with Crippen molar-refractivity contribution in [2.45, 2.75) is 19.7 Å². The first-order valence-corrected chi connectivity index (χ1v) is 9.89. The molecular weight excluding hydrogens is 445 g/mol. The van der Waals surface area contributed by atoms with E-state index in [1.807, 2.05) is 0 Å². The zero-order valence-corrected chi connectivity index (χ0v) is 17.5. The van der Waals surface area contributed by atoms with Gasteiger partial charge >= 0.3 is 6.18 Å². The molecular formula is C24H16ClF3O4. The van der Waals surface area contributed by atoms with E-state index >= 15 is 0 Å². The van der Waals surface area contributed by atoms with Crippen LogP contribution in [0.1, 0.15) is 16.9 Å². The van der Waals surface area contributed by atoms with Gasteiger partial charge in [0.15, 0.2) is 0 Å². The summed E-state index contributed by atoms with van der Waals surface area (Å²) in [7, 11) is 0. The zero-order chi connectivity index (χ0) is 22.9. The number of benzene rings is 3. The molecule has 0 saturated carbocycles. The Hall–Kier alpha value is -3.45. The third-order valence-electron chi connectivity index (χ3n) is 4.64. The first-order chi connectivity index (χ1) is 15.2. The topological polar surface area (TPSA) is 48.7 Å². The predicted octanol–water partition coefficient (Wildman–Crippen LogP) is 7.14. The second kappa shape index (κ2) is 8.59. The van der Waals surface area contributed by atoms with Crippen LogP contribution in [0.15, 0.2) is 75.9 Å². The molecule has 4 rings (SSSR count). The van der Waals surface area contributed by atoms with E-state index in [9.17, 15) is 18.0 Å². The quantitative estimate of drug-likeness (QED) is 0.317. The Morgan fingerprint density at radius 2 is 1.75 bits per heavy atom. The second-order valence-corrected chi connectivity index (χ2v) is 7.45. The van der Waals surface area contributed by atoms with Crippen LogP contribution in [0, 0.1) is 6.92 Å². The Morgan fingerprint density at radius 3 is 2.47 bits per heavy atom. The van der Waals surface area contributed by atoms with Gasteiger partial charge in [-0.15, -0.1) is 0 Å². The summed E-state index contributed by atoms with van der Waals surface area (Å²) in [5, 5.41) is 0.433. The van der Waals surface area contributed by atoms with Gasteiger partial charge in [-0.2, -0.15) is 13.2 Å². The number of halogens is 4. The predicted molar refractivity (Wildman–Crippen MR) is 115 cm³/mol. The zero-order valence-electron chi connectivity index (χ0n) is 16.7. The number of ether oxygens (including phenoxy) is 2. The Kier molecular flexibility index (Phi) is 5.84. The number of rotatable bonds is 5. The third-order valence-corrected chi connectivity index (χ3v) is 5.01. The van der Waals surface area contributed by atoms with Crippen LogP contribution in [0.25, 0.3) is 11.0 Å². The molecule has 4 nitrogen and oxygen atoms in total. The van der Waals surface area contributed by atoms with Crippen molar-refractivity contribution >= 4 is 22.6 Å². The Bertz CT molecular complexity index is 1350. The van der Waals surface area contributed by atoms with Crippen LogP contribution in [0.5, 0.6) is 17.2 Å². The van der Waals surface area contributed by atoms with Gasteiger partial charge in [0.1, 0.15) is 23.7 Å². The summed E-state index contributed by atoms with van der Waals surface area (Å²) in [5.41, 5.74) is 0.267. The number of aryl methyl sites for hydroxylation is 1. The van der Waals surface area contributed by atoms with E-state index in [0.717, 1.165) is 5.56 Å². The van der Waals surface area contributed by atoms with Crippen molar-refractivity contribution in [2.75, 3.05) is 0 Å². The average molecular weight is 461 g/mol. The summed E-state index contributed by atoms with van der Waals surface area (Å²) < 4.78 is 57.1. The van der Waals surface area contributed by atoms with Crippen LogP contribution in [0.2, 0.25) is 5.02 Å². The molecule has 0 aliphatic carbocycles. The Labute approximate surface area is 185 Å². The summed E-state index contributed by atoms with van der Waals surface area (Å²) in [6.07, 6.45) is -4.94. The Morgan fingerprint density at radius 1 is 0.969 bits per heavy atom. The van der Waals surface area contributed by atoms with E-state index in [2.05, 4.69) is 0 Å². The van der Waals surface area contributed by atoms with Crippen molar-refractivity contribution in [3.05, 3.63) is 98.9 Å². The molecule has 0 N–H and O–H groups in total. The van der Waals surface area contributed by atoms with Gasteiger partial charge in [-0.05, 0) is 42.8 Å². The maximum Gasteiger partial charge on any atom is 0.453 e. The summed E-state index contributed by atoms with van der Waals surface area (Å²) >= 11 is 6.09. The molecule has 8 heteroatoms. The normalized spacial score (nSPS) is 11.5. The summed E-state index contributed by atoms with van der Waals surface area (Å²) in [4.78, 5) is 12.9. The van der Waals surface area contributed by atoms with E-state index < -0.39 is 23.1 Å². The lowest BCUT2D eigenvalue weighted by Crippen LogP contribution is -2.15. The third kappa shape index (κ3) is 4.57. The molecule has 0 fully saturated rings. The standard InChI is InChI=1S/C24H16ClF3O4/c1-14-5-4-7-17(11-14)31-22-21(29)18-10-9-16(12-20(18)32-23(22)24(26,27)28)30-13-15-6-2-3-8-19(15)25/h2-12H,13H2,1H3. The van der Waals surface area contributed by atoms with Crippen molar-refractivity contribution in [3.63, 3.8) is 0 Å². The monoisotopic (exact) mass is 460 g/mol. The van der Waals surface area contributed by atoms with Gasteiger partial charge in [-0.3, -0.25) is 4.79 Å². The molecule has 0 saturated heterocycles. The molecule has 1 aromatic heterocycles. The fourth-order valence-electron chi connectivity index (χ4n) is 3.10. The summed E-state index contributed by atoms with van der Waals surface area (Å²) in [6.45, 7) is 1.85. The molecule has 0 bridgehead atoms. The van der Waals surface area contributed by atoms with Gasteiger partial charge in [-0.1, -0.05) is 41.9 Å². The van der Waals surface area contributed by atoms with Gasteiger partial charge in [0.25, 0.3) is 5.76 Å². The molecule has 3 aromatic carbocycles. The van der Waals surface area contributed by atoms with Crippen molar-refractivity contribution in [3.8, 4) is 17.2 Å². The molecule has 0 amide bonds. The highest BCUT2D eigenvalue weighted by Gasteiger charge is 2.40. The molecule has 0 unspecified atom stereocenters. The van der Waals surface area contributed by atoms with Crippen molar-refractivity contribution in [1.29, 1.82) is 0 Å². The number of alkyl halides is 3. The molecule has 1 heterocycles. The van der Waals surface area contributed by atoms with E-state index in [1.54, 1.807) is 43.3 Å². The van der Waals surface area contributed by atoms with Crippen LogP contribution in [-0.4, -0.2) is 0 Å². The van der Waals surface area contributed by atoms with Crippen LogP contribution >= 0.6 is 11.6 Å². The lowest BCUT2D eigenvalue weighted by Gasteiger charge is -2.14. The van der Waals surface area contributed by atoms with Crippen molar-refractivity contribution in [2.24, 2.45) is 0 Å². The lowest BCUT2D eigenvalue weighted by molar-refractivity contribution is -0.154. The minimum atomic E-state index is -4.94. The smallest absolute Gasteiger partial charge is 0.453 e. The minimum Gasteiger partial charge on any atom is -0.489 e. The molecule has 32 heavy (non-hydrogen) atoms. The average Bonchev–Trinajstić information content (AvgIpc) is 2.74.